The van der Waals surface area contributed by atoms with Gasteiger partial charge in [-0.25, -0.2) is 4.52 Å². The van der Waals surface area contributed by atoms with E-state index in [1.165, 1.54) is 0 Å². The molecule has 1 aromatic carbocycles. The van der Waals surface area contributed by atoms with Crippen molar-refractivity contribution >= 4 is 30.1 Å². The van der Waals surface area contributed by atoms with E-state index in [4.69, 9.17) is 0 Å². The van der Waals surface area contributed by atoms with E-state index in [2.05, 4.69) is 28.0 Å². The van der Waals surface area contributed by atoms with Crippen LogP contribution in [0.4, 0.5) is 5.95 Å². The molecule has 0 atom stereocenters. The molecule has 0 radical (unpaired) electrons. The molecule has 1 saturated carbocycles. The van der Waals surface area contributed by atoms with Gasteiger partial charge in [0.25, 0.3) is 0 Å². The van der Waals surface area contributed by atoms with Gasteiger partial charge in [0.05, 0.1) is 0 Å². The van der Waals surface area contributed by atoms with E-state index in [0.717, 1.165) is 34.5 Å². The summed E-state index contributed by atoms with van der Waals surface area (Å²) in [5.74, 6) is 0.501. The summed E-state index contributed by atoms with van der Waals surface area (Å²) in [6.07, 6.45) is 3.74. The minimum atomic E-state index is 0.0110. The van der Waals surface area contributed by atoms with Crippen molar-refractivity contribution in [2.24, 2.45) is 5.92 Å². The Bertz CT molecular complexity index is 852. The fraction of sp³-hybridized carbons (Fsp3) is 0.188. The minimum Gasteiger partial charge on any atom is -0.293 e. The number of nitrogens with one attached hydrogen (secondary N) is 1. The number of anilines is 1. The second-order valence-corrected chi connectivity index (χ2v) is 5.95. The van der Waals surface area contributed by atoms with Gasteiger partial charge in [-0.1, -0.05) is 12.1 Å². The van der Waals surface area contributed by atoms with E-state index in [9.17, 15) is 4.79 Å². The third-order valence-corrected chi connectivity index (χ3v) is 4.02. The van der Waals surface area contributed by atoms with E-state index >= 15 is 0 Å². The van der Waals surface area contributed by atoms with Crippen LogP contribution in [0, 0.1) is 5.92 Å². The van der Waals surface area contributed by atoms with Crippen molar-refractivity contribution in [3.8, 4) is 11.1 Å². The second kappa shape index (κ2) is 5.14. The molecule has 2 heterocycles. The molecule has 1 fully saturated rings. The molecular formula is C16H14N4OS. The highest BCUT2D eigenvalue weighted by molar-refractivity contribution is 7.80. The summed E-state index contributed by atoms with van der Waals surface area (Å²) >= 11 is 4.30. The van der Waals surface area contributed by atoms with Crippen LogP contribution in [-0.2, 0) is 4.79 Å². The van der Waals surface area contributed by atoms with Gasteiger partial charge in [0.15, 0.2) is 5.65 Å². The molecule has 1 aliphatic carbocycles. The maximum Gasteiger partial charge on any atom is 0.249 e. The fourth-order valence-corrected chi connectivity index (χ4v) is 2.53. The van der Waals surface area contributed by atoms with Crippen molar-refractivity contribution in [3.05, 3.63) is 42.6 Å². The minimum absolute atomic E-state index is 0.0110. The fourth-order valence-electron chi connectivity index (χ4n) is 2.38. The average Bonchev–Trinajstić information content (AvgIpc) is 3.28. The Balaban J connectivity index is 1.74. The Morgan fingerprint density at radius 3 is 2.73 bits per heavy atom. The lowest BCUT2D eigenvalue weighted by molar-refractivity contribution is -0.117. The number of hydrogen-bond donors (Lipinski definition) is 2. The molecule has 0 unspecified atom stereocenters. The molecule has 4 rings (SSSR count). The number of aromatic nitrogens is 3. The number of carbonyl (C=O) groups excluding carboxylic acids is 1. The Labute approximate surface area is 132 Å². The quantitative estimate of drug-likeness (QED) is 0.731. The summed E-state index contributed by atoms with van der Waals surface area (Å²) in [7, 11) is 0. The van der Waals surface area contributed by atoms with Gasteiger partial charge in [-0.15, -0.1) is 17.7 Å². The molecule has 0 aliphatic heterocycles. The number of amides is 1. The number of thiol groups is 1. The molecule has 5 nitrogen and oxygen atoms in total. The molecule has 1 N–H and O–H groups in total. The number of hydrogen-bond acceptors (Lipinski definition) is 4. The largest absolute Gasteiger partial charge is 0.293 e. The van der Waals surface area contributed by atoms with Crippen LogP contribution in [0.25, 0.3) is 16.8 Å². The highest BCUT2D eigenvalue weighted by atomic mass is 32.1. The SMILES string of the molecule is O=C(Nc1nc2c(-c3ccc(S)cc3)cccn2n1)C1CC1. The van der Waals surface area contributed by atoms with E-state index in [1.807, 2.05) is 42.6 Å². The molecule has 1 aliphatic rings. The van der Waals surface area contributed by atoms with Gasteiger partial charge in [0, 0.05) is 22.6 Å². The van der Waals surface area contributed by atoms with Gasteiger partial charge in [0.1, 0.15) is 0 Å². The molecule has 110 valence electrons. The van der Waals surface area contributed by atoms with Crippen molar-refractivity contribution in [3.63, 3.8) is 0 Å². The lowest BCUT2D eigenvalue weighted by atomic mass is 10.1. The van der Waals surface area contributed by atoms with Gasteiger partial charge < -0.3 is 0 Å². The zero-order valence-corrected chi connectivity index (χ0v) is 12.6. The Morgan fingerprint density at radius 2 is 2.00 bits per heavy atom. The summed E-state index contributed by atoms with van der Waals surface area (Å²) in [4.78, 5) is 17.2. The molecule has 22 heavy (non-hydrogen) atoms. The van der Waals surface area contributed by atoms with Crippen LogP contribution in [0.1, 0.15) is 12.8 Å². The molecule has 6 heteroatoms. The summed E-state index contributed by atoms with van der Waals surface area (Å²) < 4.78 is 1.69. The van der Waals surface area contributed by atoms with Crippen LogP contribution < -0.4 is 5.32 Å². The standard InChI is InChI=1S/C16H14N4OS/c21-15(11-3-4-11)18-16-17-14-13(2-1-9-20(14)19-16)10-5-7-12(22)8-6-10/h1-2,5-9,11,22H,3-4H2,(H,18,19,21). The van der Waals surface area contributed by atoms with E-state index < -0.39 is 0 Å². The summed E-state index contributed by atoms with van der Waals surface area (Å²) in [5.41, 5.74) is 2.73. The Morgan fingerprint density at radius 1 is 1.23 bits per heavy atom. The van der Waals surface area contributed by atoms with Crippen LogP contribution in [0.3, 0.4) is 0 Å². The first-order valence-electron chi connectivity index (χ1n) is 7.16. The lowest BCUT2D eigenvalue weighted by Gasteiger charge is -2.02. The first-order chi connectivity index (χ1) is 10.7. The van der Waals surface area contributed by atoms with Crippen molar-refractivity contribution < 1.29 is 4.79 Å². The summed E-state index contributed by atoms with van der Waals surface area (Å²) in [5, 5.41) is 7.11. The van der Waals surface area contributed by atoms with E-state index in [1.54, 1.807) is 4.52 Å². The van der Waals surface area contributed by atoms with Gasteiger partial charge in [-0.2, -0.15) is 4.98 Å². The zero-order valence-electron chi connectivity index (χ0n) is 11.7. The molecule has 2 aromatic heterocycles. The van der Waals surface area contributed by atoms with Crippen molar-refractivity contribution in [1.29, 1.82) is 0 Å². The monoisotopic (exact) mass is 310 g/mol. The smallest absolute Gasteiger partial charge is 0.249 e. The lowest BCUT2D eigenvalue weighted by Crippen LogP contribution is -2.14. The normalized spacial score (nSPS) is 14.2. The predicted molar refractivity (Wildman–Crippen MR) is 87.0 cm³/mol. The second-order valence-electron chi connectivity index (χ2n) is 5.44. The van der Waals surface area contributed by atoms with Crippen LogP contribution in [0.15, 0.2) is 47.5 Å². The van der Waals surface area contributed by atoms with Crippen molar-refractivity contribution in [2.45, 2.75) is 17.7 Å². The van der Waals surface area contributed by atoms with Crippen LogP contribution in [-0.4, -0.2) is 20.5 Å². The van der Waals surface area contributed by atoms with Crippen molar-refractivity contribution in [2.75, 3.05) is 5.32 Å². The summed E-state index contributed by atoms with van der Waals surface area (Å²) in [6.45, 7) is 0. The van der Waals surface area contributed by atoms with Crippen LogP contribution in [0.5, 0.6) is 0 Å². The maximum absolute atomic E-state index is 11.8. The molecule has 0 saturated heterocycles. The molecule has 1 amide bonds. The number of carbonyl (C=O) groups is 1. The number of pyridine rings is 1. The first kappa shape index (κ1) is 13.3. The number of fused-ring (bicyclic) bond motifs is 1. The average molecular weight is 310 g/mol. The molecule has 3 aromatic rings. The van der Waals surface area contributed by atoms with Gasteiger partial charge in [-0.3, -0.25) is 10.1 Å². The highest BCUT2D eigenvalue weighted by Crippen LogP contribution is 2.30. The Hall–Kier alpha value is -2.34. The zero-order chi connectivity index (χ0) is 15.1. The predicted octanol–water partition coefficient (Wildman–Crippen LogP) is 3.03. The molecule has 0 bridgehead atoms. The maximum atomic E-state index is 11.8. The third kappa shape index (κ3) is 2.46. The summed E-state index contributed by atoms with van der Waals surface area (Å²) in [6, 6.07) is 11.8. The molecule has 0 spiro atoms. The van der Waals surface area contributed by atoms with Gasteiger partial charge >= 0.3 is 0 Å². The highest BCUT2D eigenvalue weighted by Gasteiger charge is 2.30. The van der Waals surface area contributed by atoms with Gasteiger partial charge in [0.2, 0.25) is 11.9 Å². The topological polar surface area (TPSA) is 59.3 Å². The first-order valence-corrected chi connectivity index (χ1v) is 7.61. The van der Waals surface area contributed by atoms with E-state index in [-0.39, 0.29) is 11.8 Å². The number of rotatable bonds is 3. The van der Waals surface area contributed by atoms with Gasteiger partial charge in [-0.05, 0) is 42.7 Å². The third-order valence-electron chi connectivity index (χ3n) is 3.72. The van der Waals surface area contributed by atoms with Crippen LogP contribution in [0.2, 0.25) is 0 Å². The number of nitrogens with zero attached hydrogens (tertiary/aromatic N) is 3. The van der Waals surface area contributed by atoms with Crippen molar-refractivity contribution in [1.82, 2.24) is 14.6 Å². The number of benzene rings is 1. The van der Waals surface area contributed by atoms with Crippen LogP contribution >= 0.6 is 12.6 Å². The Kier molecular flexibility index (Phi) is 3.11. The van der Waals surface area contributed by atoms with E-state index in [0.29, 0.717) is 5.95 Å². The molecular weight excluding hydrogens is 296 g/mol.